The molecule has 0 aromatic rings. The fourth-order valence-corrected chi connectivity index (χ4v) is 0.990. The van der Waals surface area contributed by atoms with E-state index in [0.717, 1.165) is 0 Å². The molecule has 2 unspecified atom stereocenters. The first kappa shape index (κ1) is 24.1. The SMILES string of the molecule is CC(C)(F)C(C)(F)OC(F)(F)C(F)(F)C(F)(F)OC(C)(F)C(C)(F)F. The Balaban J connectivity index is 5.79. The second kappa shape index (κ2) is 6.10. The summed E-state index contributed by atoms with van der Waals surface area (Å²) in [5.41, 5.74) is -3.37. The molecule has 0 aromatic carbocycles. The van der Waals surface area contributed by atoms with E-state index < -0.39 is 48.4 Å². The number of hydrogen-bond acceptors (Lipinski definition) is 2. The minimum absolute atomic E-state index is 0.102. The summed E-state index contributed by atoms with van der Waals surface area (Å²) < 4.78 is 151. The van der Waals surface area contributed by atoms with E-state index in [9.17, 15) is 48.3 Å². The number of alkyl halides is 11. The van der Waals surface area contributed by atoms with E-state index in [0.29, 0.717) is 0 Å². The molecule has 0 aliphatic carbocycles. The van der Waals surface area contributed by atoms with Gasteiger partial charge >= 0.3 is 24.1 Å². The average Bonchev–Trinajstić information content (AvgIpc) is 2.21. The van der Waals surface area contributed by atoms with Crippen molar-refractivity contribution in [3.8, 4) is 0 Å². The standard InChI is InChI=1S/C12H15F11O2/c1-6(2,13)8(4,16)24-11(20,21)10(18,19)12(22,23)25-9(5,17)7(3,14)15/h1-5H3. The molecule has 2 atom stereocenters. The molecule has 0 heterocycles. The van der Waals surface area contributed by atoms with Gasteiger partial charge in [0.1, 0.15) is 0 Å². The van der Waals surface area contributed by atoms with Crippen LogP contribution < -0.4 is 0 Å². The Morgan fingerprint density at radius 2 is 0.760 bits per heavy atom. The number of ether oxygens (including phenoxy) is 2. The van der Waals surface area contributed by atoms with Gasteiger partial charge in [-0.05, 0) is 20.8 Å². The fraction of sp³-hybridized carbons (Fsp3) is 1.00. The predicted octanol–water partition coefficient (Wildman–Crippen LogP) is 5.62. The summed E-state index contributed by atoms with van der Waals surface area (Å²) in [5, 5.41) is 0. The minimum Gasteiger partial charge on any atom is -0.275 e. The van der Waals surface area contributed by atoms with Crippen LogP contribution in [0.15, 0.2) is 0 Å². The monoisotopic (exact) mass is 400 g/mol. The lowest BCUT2D eigenvalue weighted by Crippen LogP contribution is -2.63. The van der Waals surface area contributed by atoms with Crippen molar-refractivity contribution in [2.24, 2.45) is 0 Å². The predicted molar refractivity (Wildman–Crippen MR) is 61.8 cm³/mol. The summed E-state index contributed by atoms with van der Waals surface area (Å²) in [7, 11) is 0. The smallest absolute Gasteiger partial charge is 0.275 e. The summed E-state index contributed by atoms with van der Waals surface area (Å²) in [6.07, 6.45) is -13.1. The highest BCUT2D eigenvalue weighted by atomic mass is 19.4. The highest BCUT2D eigenvalue weighted by Crippen LogP contribution is 2.52. The molecule has 0 saturated heterocycles. The third kappa shape index (κ3) is 4.66. The zero-order valence-corrected chi connectivity index (χ0v) is 13.5. The molecule has 0 fully saturated rings. The molecule has 0 N–H and O–H groups in total. The van der Waals surface area contributed by atoms with Crippen LogP contribution in [0.25, 0.3) is 0 Å². The first-order valence-electron chi connectivity index (χ1n) is 6.40. The number of halogens is 11. The van der Waals surface area contributed by atoms with Crippen molar-refractivity contribution in [3.05, 3.63) is 0 Å². The molecule has 2 nitrogen and oxygen atoms in total. The largest absolute Gasteiger partial charge is 0.431 e. The maximum atomic E-state index is 13.6. The van der Waals surface area contributed by atoms with E-state index in [1.54, 1.807) is 0 Å². The van der Waals surface area contributed by atoms with Crippen LogP contribution >= 0.6 is 0 Å². The van der Waals surface area contributed by atoms with Crippen LogP contribution in [0, 0.1) is 0 Å². The first-order chi connectivity index (χ1) is 10.4. The van der Waals surface area contributed by atoms with Gasteiger partial charge in [-0.2, -0.15) is 26.3 Å². The van der Waals surface area contributed by atoms with Gasteiger partial charge in [0.15, 0.2) is 5.67 Å². The van der Waals surface area contributed by atoms with Gasteiger partial charge in [0.25, 0.3) is 5.85 Å². The van der Waals surface area contributed by atoms with Crippen LogP contribution in [0.5, 0.6) is 0 Å². The third-order valence-corrected chi connectivity index (χ3v) is 3.22. The number of rotatable bonds is 8. The van der Waals surface area contributed by atoms with Crippen LogP contribution in [0.2, 0.25) is 0 Å². The molecular weight excluding hydrogens is 385 g/mol. The topological polar surface area (TPSA) is 18.5 Å². The van der Waals surface area contributed by atoms with Gasteiger partial charge in [-0.25, -0.2) is 22.0 Å². The number of hydrogen-bond donors (Lipinski definition) is 0. The van der Waals surface area contributed by atoms with Gasteiger partial charge in [0.2, 0.25) is 5.85 Å². The van der Waals surface area contributed by atoms with E-state index in [4.69, 9.17) is 0 Å². The molecule has 25 heavy (non-hydrogen) atoms. The molecule has 0 saturated carbocycles. The lowest BCUT2D eigenvalue weighted by atomic mass is 10.0. The summed E-state index contributed by atoms with van der Waals surface area (Å²) in [6.45, 7) is -0.326. The second-order valence-electron chi connectivity index (χ2n) is 6.01. The average molecular weight is 400 g/mol. The molecule has 152 valence electrons. The summed E-state index contributed by atoms with van der Waals surface area (Å²) in [4.78, 5) is 0. The maximum Gasteiger partial charge on any atom is 0.431 e. The van der Waals surface area contributed by atoms with Crippen molar-refractivity contribution in [2.45, 2.75) is 76.1 Å². The van der Waals surface area contributed by atoms with Crippen molar-refractivity contribution < 1.29 is 57.8 Å². The Hall–Kier alpha value is -0.850. The molecule has 0 amide bonds. The van der Waals surface area contributed by atoms with Crippen molar-refractivity contribution in [1.29, 1.82) is 0 Å². The van der Waals surface area contributed by atoms with Crippen LogP contribution in [-0.2, 0) is 9.47 Å². The Kier molecular flexibility index (Phi) is 5.89. The fourth-order valence-electron chi connectivity index (χ4n) is 0.990. The van der Waals surface area contributed by atoms with E-state index >= 15 is 0 Å². The molecular formula is C12H15F11O2. The van der Waals surface area contributed by atoms with E-state index in [1.807, 2.05) is 0 Å². The summed E-state index contributed by atoms with van der Waals surface area (Å²) in [5.74, 6) is -20.7. The second-order valence-corrected chi connectivity index (χ2v) is 6.01. The van der Waals surface area contributed by atoms with Crippen LogP contribution in [-0.4, -0.2) is 41.4 Å². The summed E-state index contributed by atoms with van der Waals surface area (Å²) in [6, 6.07) is 0. The summed E-state index contributed by atoms with van der Waals surface area (Å²) >= 11 is 0. The van der Waals surface area contributed by atoms with Crippen molar-refractivity contribution in [1.82, 2.24) is 0 Å². The Labute approximate surface area is 135 Å². The highest BCUT2D eigenvalue weighted by molar-refractivity contribution is 4.93. The van der Waals surface area contributed by atoms with Gasteiger partial charge in [-0.3, -0.25) is 9.47 Å². The molecule has 13 heteroatoms. The first-order valence-corrected chi connectivity index (χ1v) is 6.40. The van der Waals surface area contributed by atoms with Crippen molar-refractivity contribution in [3.63, 3.8) is 0 Å². The van der Waals surface area contributed by atoms with Gasteiger partial charge in [-0.15, -0.1) is 0 Å². The van der Waals surface area contributed by atoms with Gasteiger partial charge in [0, 0.05) is 13.8 Å². The van der Waals surface area contributed by atoms with E-state index in [1.165, 1.54) is 0 Å². The molecule has 0 spiro atoms. The Morgan fingerprint density at radius 1 is 0.480 bits per heavy atom. The zero-order chi connectivity index (χ0) is 20.9. The third-order valence-electron chi connectivity index (χ3n) is 3.22. The quantitative estimate of drug-likeness (QED) is 0.493. The molecule has 0 radical (unpaired) electrons. The van der Waals surface area contributed by atoms with Crippen molar-refractivity contribution in [2.75, 3.05) is 0 Å². The van der Waals surface area contributed by atoms with Crippen LogP contribution in [0.4, 0.5) is 48.3 Å². The van der Waals surface area contributed by atoms with Crippen LogP contribution in [0.3, 0.4) is 0 Å². The molecule has 0 aromatic heterocycles. The lowest BCUT2D eigenvalue weighted by molar-refractivity contribution is -0.502. The lowest BCUT2D eigenvalue weighted by Gasteiger charge is -2.39. The van der Waals surface area contributed by atoms with Crippen LogP contribution in [0.1, 0.15) is 34.6 Å². The molecule has 0 bridgehead atoms. The van der Waals surface area contributed by atoms with Gasteiger partial charge < -0.3 is 0 Å². The van der Waals surface area contributed by atoms with E-state index in [-0.39, 0.29) is 27.7 Å². The molecule has 0 aliphatic heterocycles. The maximum absolute atomic E-state index is 13.6. The Bertz CT molecular complexity index is 432. The van der Waals surface area contributed by atoms with Gasteiger partial charge in [-0.1, -0.05) is 0 Å². The normalized spacial score (nSPS) is 20.2. The van der Waals surface area contributed by atoms with E-state index in [2.05, 4.69) is 9.47 Å². The van der Waals surface area contributed by atoms with Gasteiger partial charge in [0.05, 0.1) is 0 Å². The molecule has 0 rings (SSSR count). The minimum atomic E-state index is -6.85. The van der Waals surface area contributed by atoms with Crippen molar-refractivity contribution >= 4 is 0 Å². The molecule has 0 aliphatic rings. The Morgan fingerprint density at radius 3 is 1.00 bits per heavy atom. The highest BCUT2D eigenvalue weighted by Gasteiger charge is 2.78. The zero-order valence-electron chi connectivity index (χ0n) is 13.5.